The van der Waals surface area contributed by atoms with Crippen LogP contribution in [-0.2, 0) is 0 Å². The molecule has 23 heavy (non-hydrogen) atoms. The Morgan fingerprint density at radius 1 is 0.870 bits per heavy atom. The van der Waals surface area contributed by atoms with Crippen LogP contribution in [0.15, 0.2) is 48.6 Å². The number of hydrogen-bond acceptors (Lipinski definition) is 4. The zero-order valence-corrected chi connectivity index (χ0v) is 12.9. The molecular weight excluding hydrogens is 292 g/mol. The molecule has 0 aliphatic carbocycles. The van der Waals surface area contributed by atoms with E-state index in [9.17, 15) is 0 Å². The van der Waals surface area contributed by atoms with Crippen molar-refractivity contribution in [2.45, 2.75) is 5.79 Å². The first-order valence-corrected chi connectivity index (χ1v) is 7.34. The molecule has 0 fully saturated rings. The van der Waals surface area contributed by atoms with Crippen LogP contribution in [0.2, 0.25) is 0 Å². The minimum atomic E-state index is -0.955. The van der Waals surface area contributed by atoms with Gasteiger partial charge >= 0.3 is 0 Å². The fourth-order valence-electron chi connectivity index (χ4n) is 2.77. The molecule has 0 aromatic heterocycles. The number of fused-ring (bicyclic) bond motifs is 2. The van der Waals surface area contributed by atoms with Gasteiger partial charge in [-0.15, -0.1) is 0 Å². The van der Waals surface area contributed by atoms with E-state index >= 15 is 0 Å². The molecule has 4 nitrogen and oxygen atoms in total. The first kappa shape index (κ1) is 13.8. The second-order valence-corrected chi connectivity index (χ2v) is 5.37. The lowest BCUT2D eigenvalue weighted by atomic mass is 10.0. The second kappa shape index (κ2) is 5.09. The molecule has 0 radical (unpaired) electrons. The van der Waals surface area contributed by atoms with E-state index in [0.29, 0.717) is 11.5 Å². The minimum absolute atomic E-state index is 0.680. The fraction of sp³-hybridized carbons (Fsp3) is 0.158. The van der Waals surface area contributed by atoms with Gasteiger partial charge in [0.05, 0.1) is 14.2 Å². The fourth-order valence-corrected chi connectivity index (χ4v) is 2.77. The Labute approximate surface area is 134 Å². The molecule has 0 amide bonds. The van der Waals surface area contributed by atoms with Gasteiger partial charge in [0.1, 0.15) is 11.5 Å². The summed E-state index contributed by atoms with van der Waals surface area (Å²) in [6, 6.07) is 11.5. The largest absolute Gasteiger partial charge is 0.497 e. The Balaban J connectivity index is 1.72. The molecule has 0 bridgehead atoms. The van der Waals surface area contributed by atoms with Crippen molar-refractivity contribution in [2.75, 3.05) is 14.2 Å². The van der Waals surface area contributed by atoms with Crippen molar-refractivity contribution in [3.05, 3.63) is 59.7 Å². The van der Waals surface area contributed by atoms with Crippen LogP contribution in [0, 0.1) is 0 Å². The number of hydrogen-bond donors (Lipinski definition) is 0. The molecule has 0 saturated carbocycles. The van der Waals surface area contributed by atoms with Gasteiger partial charge in [-0.1, -0.05) is 12.1 Å². The van der Waals surface area contributed by atoms with Crippen LogP contribution in [-0.4, -0.2) is 20.0 Å². The van der Waals surface area contributed by atoms with Crippen LogP contribution in [0.5, 0.6) is 23.0 Å². The molecule has 116 valence electrons. The van der Waals surface area contributed by atoms with Crippen LogP contribution in [0.4, 0.5) is 0 Å². The van der Waals surface area contributed by atoms with E-state index in [-0.39, 0.29) is 0 Å². The molecule has 2 aromatic rings. The van der Waals surface area contributed by atoms with Crippen molar-refractivity contribution in [2.24, 2.45) is 0 Å². The molecule has 2 aliphatic rings. The third-order valence-corrected chi connectivity index (χ3v) is 3.97. The van der Waals surface area contributed by atoms with Crippen molar-refractivity contribution in [3.63, 3.8) is 0 Å². The Hall–Kier alpha value is -2.88. The number of rotatable bonds is 2. The molecule has 2 aliphatic heterocycles. The van der Waals surface area contributed by atoms with Crippen LogP contribution in [0.25, 0.3) is 12.2 Å². The summed E-state index contributed by atoms with van der Waals surface area (Å²) in [5.74, 6) is 1.95. The minimum Gasteiger partial charge on any atom is -0.497 e. The molecule has 1 unspecified atom stereocenters. The summed E-state index contributed by atoms with van der Waals surface area (Å²) >= 11 is 0. The van der Waals surface area contributed by atoms with Crippen molar-refractivity contribution in [3.8, 4) is 23.0 Å². The van der Waals surface area contributed by atoms with E-state index < -0.39 is 5.79 Å². The molecule has 2 aromatic carbocycles. The first-order valence-electron chi connectivity index (χ1n) is 7.34. The average molecular weight is 308 g/mol. The van der Waals surface area contributed by atoms with Crippen molar-refractivity contribution in [1.82, 2.24) is 0 Å². The predicted molar refractivity (Wildman–Crippen MR) is 88.0 cm³/mol. The van der Waals surface area contributed by atoms with Crippen LogP contribution < -0.4 is 18.9 Å². The lowest BCUT2D eigenvalue weighted by molar-refractivity contribution is -0.0323. The number of methoxy groups -OCH3 is 2. The maximum Gasteiger partial charge on any atom is 0.292 e. The second-order valence-electron chi connectivity index (χ2n) is 5.37. The summed E-state index contributed by atoms with van der Waals surface area (Å²) in [4.78, 5) is 0. The van der Waals surface area contributed by atoms with Crippen LogP contribution >= 0.6 is 0 Å². The van der Waals surface area contributed by atoms with Gasteiger partial charge in [-0.3, -0.25) is 0 Å². The predicted octanol–water partition coefficient (Wildman–Crippen LogP) is 3.91. The topological polar surface area (TPSA) is 36.9 Å². The van der Waals surface area contributed by atoms with E-state index in [0.717, 1.165) is 22.6 Å². The molecule has 4 heteroatoms. The lowest BCUT2D eigenvalue weighted by Crippen LogP contribution is -2.41. The van der Waals surface area contributed by atoms with Crippen LogP contribution in [0.3, 0.4) is 0 Å². The zero-order chi connectivity index (χ0) is 15.9. The first-order chi connectivity index (χ1) is 11.2. The standard InChI is InChI=1S/C19H16O4/c1-20-15-6-7-16-14(12-15)9-11-19(22-16)10-8-13-4-3-5-17(21-2)18(13)23-19/h3-12H,1-2H3. The van der Waals surface area contributed by atoms with Gasteiger partial charge in [-0.25, -0.2) is 0 Å². The van der Waals surface area contributed by atoms with Crippen molar-refractivity contribution < 1.29 is 18.9 Å². The van der Waals surface area contributed by atoms with Gasteiger partial charge in [0.25, 0.3) is 5.79 Å². The molecule has 1 spiro atoms. The number of ether oxygens (including phenoxy) is 4. The molecule has 2 heterocycles. The third kappa shape index (κ3) is 2.23. The highest BCUT2D eigenvalue weighted by molar-refractivity contribution is 5.69. The van der Waals surface area contributed by atoms with E-state index in [4.69, 9.17) is 18.9 Å². The summed E-state index contributed by atoms with van der Waals surface area (Å²) in [5, 5.41) is 0. The van der Waals surface area contributed by atoms with E-state index in [1.807, 2.05) is 60.7 Å². The van der Waals surface area contributed by atoms with Gasteiger partial charge < -0.3 is 18.9 Å². The number of benzene rings is 2. The Kier molecular flexibility index (Phi) is 3.05. The van der Waals surface area contributed by atoms with E-state index in [2.05, 4.69) is 0 Å². The molecular formula is C19H16O4. The highest BCUT2D eigenvalue weighted by Crippen LogP contribution is 2.42. The maximum absolute atomic E-state index is 6.14. The van der Waals surface area contributed by atoms with Gasteiger partial charge in [0.15, 0.2) is 11.5 Å². The van der Waals surface area contributed by atoms with Crippen molar-refractivity contribution >= 4 is 12.2 Å². The summed E-state index contributed by atoms with van der Waals surface area (Å²) < 4.78 is 22.9. The van der Waals surface area contributed by atoms with Crippen LogP contribution in [0.1, 0.15) is 11.1 Å². The molecule has 0 saturated heterocycles. The molecule has 4 rings (SSSR count). The summed E-state index contributed by atoms with van der Waals surface area (Å²) in [6.07, 6.45) is 7.76. The van der Waals surface area contributed by atoms with Gasteiger partial charge in [-0.05, 0) is 36.4 Å². The molecule has 1 atom stereocenters. The third-order valence-electron chi connectivity index (χ3n) is 3.97. The summed E-state index contributed by atoms with van der Waals surface area (Å²) in [5.41, 5.74) is 1.92. The number of para-hydroxylation sites is 1. The van der Waals surface area contributed by atoms with E-state index in [1.165, 1.54) is 0 Å². The maximum atomic E-state index is 6.14. The van der Waals surface area contributed by atoms with Gasteiger partial charge in [-0.2, -0.15) is 0 Å². The Morgan fingerprint density at radius 3 is 2.48 bits per heavy atom. The smallest absolute Gasteiger partial charge is 0.292 e. The Bertz CT molecular complexity index is 822. The van der Waals surface area contributed by atoms with Crippen molar-refractivity contribution in [1.29, 1.82) is 0 Å². The SMILES string of the molecule is COc1ccc2c(c1)C=CC1(C=Cc3cccc(OC)c3O1)O2. The monoisotopic (exact) mass is 308 g/mol. The van der Waals surface area contributed by atoms with E-state index in [1.54, 1.807) is 14.2 Å². The summed E-state index contributed by atoms with van der Waals surface area (Å²) in [7, 11) is 3.27. The lowest BCUT2D eigenvalue weighted by Gasteiger charge is -2.35. The van der Waals surface area contributed by atoms with Gasteiger partial charge in [0.2, 0.25) is 0 Å². The zero-order valence-electron chi connectivity index (χ0n) is 12.9. The quantitative estimate of drug-likeness (QED) is 0.843. The highest BCUT2D eigenvalue weighted by atomic mass is 16.7. The molecule has 0 N–H and O–H groups in total. The van der Waals surface area contributed by atoms with Gasteiger partial charge in [0, 0.05) is 23.3 Å². The Morgan fingerprint density at radius 2 is 1.70 bits per heavy atom. The summed E-state index contributed by atoms with van der Waals surface area (Å²) in [6.45, 7) is 0. The average Bonchev–Trinajstić information content (AvgIpc) is 2.60. The normalized spacial score (nSPS) is 20.3. The highest BCUT2D eigenvalue weighted by Gasteiger charge is 2.36.